The molecule has 0 aliphatic heterocycles. The Balaban J connectivity index is 1.00. The summed E-state index contributed by atoms with van der Waals surface area (Å²) < 4.78 is 2.44. The quantitative estimate of drug-likeness (QED) is 0.148. The van der Waals surface area contributed by atoms with Crippen LogP contribution in [0, 0.1) is 0 Å². The van der Waals surface area contributed by atoms with Crippen molar-refractivity contribution in [1.29, 1.82) is 0 Å². The van der Waals surface area contributed by atoms with Crippen LogP contribution in [0.3, 0.4) is 0 Å². The van der Waals surface area contributed by atoms with Crippen LogP contribution in [-0.4, -0.2) is 10.6 Å². The van der Waals surface area contributed by atoms with Crippen LogP contribution in [0.5, 0.6) is 0 Å². The van der Waals surface area contributed by atoms with Gasteiger partial charge in [0.05, 0.1) is 17.1 Å². The zero-order chi connectivity index (χ0) is 42.4. The minimum atomic E-state index is 0.0626. The molecule has 10 aromatic carbocycles. The fourth-order valence-electron chi connectivity index (χ4n) is 10.0. The average Bonchev–Trinajstić information content (AvgIpc) is 3.73. The number of para-hydroxylation sites is 1. The van der Waals surface area contributed by atoms with Crippen LogP contribution in [0.2, 0.25) is 0 Å². The van der Waals surface area contributed by atoms with Crippen LogP contribution in [0.25, 0.3) is 88.0 Å². The molecule has 1 heterocycles. The summed E-state index contributed by atoms with van der Waals surface area (Å²) in [6, 6.07) is 84.3. The lowest BCUT2D eigenvalue weighted by molar-refractivity contribution is 0.788. The summed E-state index contributed by atoms with van der Waals surface area (Å²) in [6.07, 6.45) is 8.09. The molecule has 1 unspecified atom stereocenters. The molecular formula is C62H44N2. The van der Waals surface area contributed by atoms with Gasteiger partial charge in [0.2, 0.25) is 0 Å². The Bertz CT molecular complexity index is 3500. The van der Waals surface area contributed by atoms with Crippen LogP contribution in [0.4, 0.5) is 11.4 Å². The van der Waals surface area contributed by atoms with E-state index in [-0.39, 0.29) is 6.04 Å². The Hall–Kier alpha value is -8.20. The summed E-state index contributed by atoms with van der Waals surface area (Å²) in [4.78, 5) is 2.54. The molecule has 0 radical (unpaired) electrons. The average molecular weight is 817 g/mol. The van der Waals surface area contributed by atoms with E-state index in [0.29, 0.717) is 0 Å². The summed E-state index contributed by atoms with van der Waals surface area (Å²) in [6.45, 7) is 0. The molecule has 11 aromatic rings. The molecule has 1 atom stereocenters. The Morgan fingerprint density at radius 3 is 1.66 bits per heavy atom. The number of anilines is 2. The van der Waals surface area contributed by atoms with E-state index in [2.05, 4.69) is 258 Å². The first-order valence-electron chi connectivity index (χ1n) is 22.3. The Morgan fingerprint density at radius 2 is 0.953 bits per heavy atom. The highest BCUT2D eigenvalue weighted by atomic mass is 15.2. The number of benzene rings is 10. The summed E-state index contributed by atoms with van der Waals surface area (Å²) in [5, 5.41) is 7.56. The molecule has 0 fully saturated rings. The summed E-state index contributed by atoms with van der Waals surface area (Å²) >= 11 is 0. The van der Waals surface area contributed by atoms with Crippen molar-refractivity contribution in [1.82, 2.24) is 4.57 Å². The number of hydrogen-bond acceptors (Lipinski definition) is 1. The first-order valence-corrected chi connectivity index (χ1v) is 22.3. The molecule has 0 N–H and O–H groups in total. The van der Waals surface area contributed by atoms with E-state index in [0.717, 1.165) is 17.8 Å². The van der Waals surface area contributed by atoms with Crippen LogP contribution in [-0.2, 0) is 0 Å². The number of aromatic nitrogens is 1. The van der Waals surface area contributed by atoms with Gasteiger partial charge in [-0.15, -0.1) is 0 Å². The highest BCUT2D eigenvalue weighted by Crippen LogP contribution is 2.43. The summed E-state index contributed by atoms with van der Waals surface area (Å²) in [5.41, 5.74) is 15.6. The van der Waals surface area contributed by atoms with Gasteiger partial charge in [-0.1, -0.05) is 182 Å². The van der Waals surface area contributed by atoms with Crippen molar-refractivity contribution in [3.8, 4) is 39.1 Å². The smallest absolute Gasteiger partial charge is 0.0565 e. The predicted molar refractivity (Wildman–Crippen MR) is 273 cm³/mol. The topological polar surface area (TPSA) is 8.17 Å². The molecule has 2 heteroatoms. The third-order valence-electron chi connectivity index (χ3n) is 13.0. The molecule has 64 heavy (non-hydrogen) atoms. The normalized spacial score (nSPS) is 13.8. The molecule has 2 nitrogen and oxygen atoms in total. The number of allylic oxidation sites excluding steroid dienone is 2. The maximum absolute atomic E-state index is 2.54. The predicted octanol–water partition coefficient (Wildman–Crippen LogP) is 16.6. The lowest BCUT2D eigenvalue weighted by Crippen LogP contribution is -2.30. The maximum Gasteiger partial charge on any atom is 0.0565 e. The molecule has 0 spiro atoms. The number of nitrogens with zero attached hydrogens (tertiary/aromatic N) is 2. The van der Waals surface area contributed by atoms with Gasteiger partial charge in [0.25, 0.3) is 0 Å². The molecule has 1 aliphatic carbocycles. The number of hydrogen-bond donors (Lipinski definition) is 0. The minimum Gasteiger partial charge on any atom is -0.334 e. The molecule has 1 aliphatic rings. The molecule has 0 saturated carbocycles. The second kappa shape index (κ2) is 15.9. The van der Waals surface area contributed by atoms with Gasteiger partial charge in [0, 0.05) is 27.8 Å². The van der Waals surface area contributed by atoms with Crippen LogP contribution in [0.15, 0.2) is 249 Å². The number of rotatable bonds is 8. The van der Waals surface area contributed by atoms with Gasteiger partial charge in [-0.25, -0.2) is 0 Å². The van der Waals surface area contributed by atoms with Crippen molar-refractivity contribution >= 4 is 60.3 Å². The van der Waals surface area contributed by atoms with Gasteiger partial charge in [0.1, 0.15) is 0 Å². The third kappa shape index (κ3) is 6.68. The Kier molecular flexibility index (Phi) is 9.34. The van der Waals surface area contributed by atoms with E-state index in [1.807, 2.05) is 0 Å². The minimum absolute atomic E-state index is 0.0626. The highest BCUT2D eigenvalue weighted by Gasteiger charge is 2.24. The third-order valence-corrected chi connectivity index (χ3v) is 13.0. The Labute approximate surface area is 373 Å². The van der Waals surface area contributed by atoms with Gasteiger partial charge < -0.3 is 9.47 Å². The molecule has 0 saturated heterocycles. The van der Waals surface area contributed by atoms with Gasteiger partial charge in [0.15, 0.2) is 0 Å². The van der Waals surface area contributed by atoms with Crippen molar-refractivity contribution in [3.05, 3.63) is 254 Å². The van der Waals surface area contributed by atoms with Crippen LogP contribution in [0.1, 0.15) is 12.0 Å². The lowest BCUT2D eigenvalue weighted by Gasteiger charge is -2.34. The second-order valence-corrected chi connectivity index (χ2v) is 16.9. The van der Waals surface area contributed by atoms with E-state index >= 15 is 0 Å². The van der Waals surface area contributed by atoms with E-state index in [9.17, 15) is 0 Å². The first-order chi connectivity index (χ1) is 31.7. The first kappa shape index (κ1) is 37.6. The van der Waals surface area contributed by atoms with E-state index < -0.39 is 0 Å². The zero-order valence-corrected chi connectivity index (χ0v) is 35.4. The van der Waals surface area contributed by atoms with Crippen molar-refractivity contribution in [2.75, 3.05) is 4.90 Å². The lowest BCUT2D eigenvalue weighted by atomic mass is 9.91. The maximum atomic E-state index is 2.54. The van der Waals surface area contributed by atoms with Crippen molar-refractivity contribution in [2.45, 2.75) is 12.5 Å². The van der Waals surface area contributed by atoms with E-state index in [1.54, 1.807) is 0 Å². The summed E-state index contributed by atoms with van der Waals surface area (Å²) in [7, 11) is 0. The largest absolute Gasteiger partial charge is 0.334 e. The highest BCUT2D eigenvalue weighted by molar-refractivity contribution is 6.24. The van der Waals surface area contributed by atoms with Gasteiger partial charge in [-0.2, -0.15) is 0 Å². The van der Waals surface area contributed by atoms with Gasteiger partial charge in [-0.05, 0) is 139 Å². The molecule has 12 rings (SSSR count). The monoisotopic (exact) mass is 816 g/mol. The standard InChI is InChI=1S/C62H44N2/c1-4-16-43(17-5-1)50-38-51(44-18-6-2-7-19-44)40-52(39-50)46-30-34-54(35-31-46)63(56-36-32-45-20-10-11-22-48(45)41-56)55-26-14-23-49(42-55)58-28-15-29-59-62(58)61-57-27-13-12-21-47(57)33-37-60(61)64(59)53-24-8-3-9-25-53/h1-25,27-42,55H,26H2. The molecule has 302 valence electrons. The molecule has 0 bridgehead atoms. The zero-order valence-electron chi connectivity index (χ0n) is 35.4. The van der Waals surface area contributed by atoms with E-state index in [1.165, 1.54) is 93.6 Å². The van der Waals surface area contributed by atoms with Crippen LogP contribution < -0.4 is 4.90 Å². The summed E-state index contributed by atoms with van der Waals surface area (Å²) in [5.74, 6) is 0. The van der Waals surface area contributed by atoms with E-state index in [4.69, 9.17) is 0 Å². The van der Waals surface area contributed by atoms with Crippen LogP contribution >= 0.6 is 0 Å². The van der Waals surface area contributed by atoms with Crippen molar-refractivity contribution in [2.24, 2.45) is 0 Å². The molecule has 1 aromatic heterocycles. The fourth-order valence-corrected chi connectivity index (χ4v) is 10.0. The molecule has 0 amide bonds. The number of fused-ring (bicyclic) bond motifs is 6. The fraction of sp³-hybridized carbons (Fsp3) is 0.0323. The van der Waals surface area contributed by atoms with Gasteiger partial charge in [-0.3, -0.25) is 0 Å². The van der Waals surface area contributed by atoms with Gasteiger partial charge >= 0.3 is 0 Å². The van der Waals surface area contributed by atoms with Crippen molar-refractivity contribution in [3.63, 3.8) is 0 Å². The Morgan fingerprint density at radius 1 is 0.391 bits per heavy atom. The molecular weight excluding hydrogens is 773 g/mol. The second-order valence-electron chi connectivity index (χ2n) is 16.9. The van der Waals surface area contributed by atoms with Crippen molar-refractivity contribution < 1.29 is 0 Å². The SMILES string of the molecule is C1=CC(c2cccc3c2c2c4ccccc4ccc2n3-c2ccccc2)=CC(N(c2ccc(-c3cc(-c4ccccc4)cc(-c4ccccc4)c3)cc2)c2ccc3ccccc3c2)C1.